The number of hydrogen-bond acceptors (Lipinski definition) is 2. The summed E-state index contributed by atoms with van der Waals surface area (Å²) in [5.74, 6) is -0.144. The number of rotatable bonds is 3. The monoisotopic (exact) mass is 332 g/mol. The standard InChI is InChI=1S/C12H17IN2O/c1-4-12(3,14)11(16)15-9-6-5-8(2)10(13)7-9/h5-7H,4,14H2,1-3H3,(H,15,16). The Morgan fingerprint density at radius 2 is 2.19 bits per heavy atom. The van der Waals surface area contributed by atoms with Crippen molar-refractivity contribution in [2.45, 2.75) is 32.7 Å². The van der Waals surface area contributed by atoms with Crippen molar-refractivity contribution >= 4 is 34.2 Å². The van der Waals surface area contributed by atoms with Crippen LogP contribution in [-0.2, 0) is 4.79 Å². The molecule has 16 heavy (non-hydrogen) atoms. The highest BCUT2D eigenvalue weighted by molar-refractivity contribution is 14.1. The highest BCUT2D eigenvalue weighted by Crippen LogP contribution is 2.18. The number of carbonyl (C=O) groups is 1. The smallest absolute Gasteiger partial charge is 0.244 e. The zero-order chi connectivity index (χ0) is 12.3. The number of halogens is 1. The first-order valence-electron chi connectivity index (χ1n) is 5.23. The van der Waals surface area contributed by atoms with Crippen LogP contribution in [0.4, 0.5) is 5.69 Å². The molecule has 1 aromatic carbocycles. The van der Waals surface area contributed by atoms with Gasteiger partial charge >= 0.3 is 0 Å². The Morgan fingerprint density at radius 1 is 1.56 bits per heavy atom. The van der Waals surface area contributed by atoms with E-state index in [0.717, 1.165) is 9.26 Å². The van der Waals surface area contributed by atoms with Gasteiger partial charge in [-0.1, -0.05) is 13.0 Å². The molecular weight excluding hydrogens is 315 g/mol. The summed E-state index contributed by atoms with van der Waals surface area (Å²) in [6.45, 7) is 5.67. The second kappa shape index (κ2) is 5.14. The van der Waals surface area contributed by atoms with Gasteiger partial charge in [-0.3, -0.25) is 4.79 Å². The molecule has 0 saturated carbocycles. The molecule has 88 valence electrons. The van der Waals surface area contributed by atoms with Gasteiger partial charge in [-0.05, 0) is 60.6 Å². The number of amides is 1. The highest BCUT2D eigenvalue weighted by atomic mass is 127. The Hall–Kier alpha value is -0.620. The summed E-state index contributed by atoms with van der Waals surface area (Å²) in [7, 11) is 0. The Balaban J connectivity index is 2.82. The fourth-order valence-electron chi connectivity index (χ4n) is 1.11. The van der Waals surface area contributed by atoms with Gasteiger partial charge in [-0.25, -0.2) is 0 Å². The van der Waals surface area contributed by atoms with Crippen LogP contribution in [0.15, 0.2) is 18.2 Å². The van der Waals surface area contributed by atoms with Gasteiger partial charge in [0.25, 0.3) is 0 Å². The van der Waals surface area contributed by atoms with Crippen molar-refractivity contribution in [1.82, 2.24) is 0 Å². The third kappa shape index (κ3) is 3.18. The molecule has 4 heteroatoms. The van der Waals surface area contributed by atoms with Crippen molar-refractivity contribution in [3.63, 3.8) is 0 Å². The Morgan fingerprint density at radius 3 is 2.69 bits per heavy atom. The minimum Gasteiger partial charge on any atom is -0.324 e. The molecule has 0 saturated heterocycles. The van der Waals surface area contributed by atoms with E-state index in [1.54, 1.807) is 6.92 Å². The van der Waals surface area contributed by atoms with Gasteiger partial charge in [-0.2, -0.15) is 0 Å². The van der Waals surface area contributed by atoms with Crippen molar-refractivity contribution in [3.05, 3.63) is 27.3 Å². The topological polar surface area (TPSA) is 55.1 Å². The maximum Gasteiger partial charge on any atom is 0.244 e. The maximum atomic E-state index is 11.8. The van der Waals surface area contributed by atoms with E-state index >= 15 is 0 Å². The van der Waals surface area contributed by atoms with Crippen LogP contribution in [0, 0.1) is 10.5 Å². The lowest BCUT2D eigenvalue weighted by Crippen LogP contribution is -2.47. The second-order valence-corrected chi connectivity index (χ2v) is 5.35. The fourth-order valence-corrected chi connectivity index (χ4v) is 1.62. The van der Waals surface area contributed by atoms with Crippen molar-refractivity contribution in [2.24, 2.45) is 5.73 Å². The van der Waals surface area contributed by atoms with Gasteiger partial charge in [0.15, 0.2) is 0 Å². The first-order chi connectivity index (χ1) is 7.36. The number of hydrogen-bond donors (Lipinski definition) is 2. The first-order valence-corrected chi connectivity index (χ1v) is 6.31. The molecule has 0 bridgehead atoms. The number of carbonyl (C=O) groups excluding carboxylic acids is 1. The van der Waals surface area contributed by atoms with Gasteiger partial charge in [0.2, 0.25) is 5.91 Å². The zero-order valence-corrected chi connectivity index (χ0v) is 12.0. The summed E-state index contributed by atoms with van der Waals surface area (Å²) in [5, 5.41) is 2.83. The number of nitrogens with two attached hydrogens (primary N) is 1. The van der Waals surface area contributed by atoms with Gasteiger partial charge in [0.05, 0.1) is 5.54 Å². The number of benzene rings is 1. The molecule has 0 fully saturated rings. The van der Waals surface area contributed by atoms with Crippen molar-refractivity contribution in [2.75, 3.05) is 5.32 Å². The Kier molecular flexibility index (Phi) is 4.32. The highest BCUT2D eigenvalue weighted by Gasteiger charge is 2.25. The molecular formula is C12H17IN2O. The molecule has 0 aliphatic heterocycles. The number of nitrogens with one attached hydrogen (secondary N) is 1. The van der Waals surface area contributed by atoms with Crippen molar-refractivity contribution in [3.8, 4) is 0 Å². The average Bonchev–Trinajstić information content (AvgIpc) is 2.23. The summed E-state index contributed by atoms with van der Waals surface area (Å²) >= 11 is 2.24. The molecule has 0 aliphatic carbocycles. The van der Waals surface area contributed by atoms with E-state index in [2.05, 4.69) is 27.9 Å². The van der Waals surface area contributed by atoms with Crippen LogP contribution in [0.25, 0.3) is 0 Å². The molecule has 0 heterocycles. The summed E-state index contributed by atoms with van der Waals surface area (Å²) in [6, 6.07) is 5.82. The Labute approximate surface area is 110 Å². The molecule has 3 nitrogen and oxygen atoms in total. The van der Waals surface area contributed by atoms with Crippen molar-refractivity contribution < 1.29 is 4.79 Å². The summed E-state index contributed by atoms with van der Waals surface area (Å²) < 4.78 is 1.13. The third-order valence-corrected chi connectivity index (χ3v) is 3.85. The second-order valence-electron chi connectivity index (χ2n) is 4.19. The van der Waals surface area contributed by atoms with Crippen LogP contribution >= 0.6 is 22.6 Å². The quantitative estimate of drug-likeness (QED) is 0.836. The fraction of sp³-hybridized carbons (Fsp3) is 0.417. The van der Waals surface area contributed by atoms with Gasteiger partial charge in [0.1, 0.15) is 0 Å². The van der Waals surface area contributed by atoms with Crippen LogP contribution < -0.4 is 11.1 Å². The van der Waals surface area contributed by atoms with E-state index < -0.39 is 5.54 Å². The summed E-state index contributed by atoms with van der Waals surface area (Å²) in [6.07, 6.45) is 0.613. The number of aryl methyl sites for hydroxylation is 1. The lowest BCUT2D eigenvalue weighted by Gasteiger charge is -2.21. The van der Waals surface area contributed by atoms with Crippen LogP contribution in [0.5, 0.6) is 0 Å². The molecule has 0 spiro atoms. The van der Waals surface area contributed by atoms with Gasteiger partial charge in [-0.15, -0.1) is 0 Å². The van der Waals surface area contributed by atoms with E-state index in [0.29, 0.717) is 6.42 Å². The van der Waals surface area contributed by atoms with E-state index in [1.165, 1.54) is 5.56 Å². The average molecular weight is 332 g/mol. The minimum atomic E-state index is -0.809. The molecule has 0 aromatic heterocycles. The van der Waals surface area contributed by atoms with Crippen LogP contribution in [0.3, 0.4) is 0 Å². The molecule has 1 unspecified atom stereocenters. The van der Waals surface area contributed by atoms with Crippen LogP contribution in [0.2, 0.25) is 0 Å². The zero-order valence-electron chi connectivity index (χ0n) is 9.80. The predicted molar refractivity (Wildman–Crippen MR) is 75.4 cm³/mol. The minimum absolute atomic E-state index is 0.144. The maximum absolute atomic E-state index is 11.8. The van der Waals surface area contributed by atoms with E-state index in [4.69, 9.17) is 5.73 Å². The molecule has 3 N–H and O–H groups in total. The lowest BCUT2D eigenvalue weighted by atomic mass is 9.99. The molecule has 1 atom stereocenters. The van der Waals surface area contributed by atoms with Gasteiger partial charge < -0.3 is 11.1 Å². The van der Waals surface area contributed by atoms with E-state index in [9.17, 15) is 4.79 Å². The summed E-state index contributed by atoms with van der Waals surface area (Å²) in [4.78, 5) is 11.8. The summed E-state index contributed by atoms with van der Waals surface area (Å²) in [5.41, 5.74) is 7.05. The third-order valence-electron chi connectivity index (χ3n) is 2.68. The largest absolute Gasteiger partial charge is 0.324 e. The molecule has 1 amide bonds. The van der Waals surface area contributed by atoms with Crippen molar-refractivity contribution in [1.29, 1.82) is 0 Å². The SMILES string of the molecule is CCC(C)(N)C(=O)Nc1ccc(C)c(I)c1. The molecule has 1 rings (SSSR count). The normalized spacial score (nSPS) is 14.3. The molecule has 0 radical (unpaired) electrons. The van der Waals surface area contributed by atoms with Gasteiger partial charge in [0, 0.05) is 9.26 Å². The first kappa shape index (κ1) is 13.4. The van der Waals surface area contributed by atoms with E-state index in [-0.39, 0.29) is 5.91 Å². The predicted octanol–water partition coefficient (Wildman–Crippen LogP) is 2.67. The molecule has 1 aromatic rings. The van der Waals surface area contributed by atoms with E-state index in [1.807, 2.05) is 32.0 Å². The number of anilines is 1. The van der Waals surface area contributed by atoms with Crippen LogP contribution in [-0.4, -0.2) is 11.4 Å². The Bertz CT molecular complexity index is 402. The lowest BCUT2D eigenvalue weighted by molar-refractivity contribution is -0.120. The van der Waals surface area contributed by atoms with Crippen LogP contribution in [0.1, 0.15) is 25.8 Å². The molecule has 0 aliphatic rings.